The van der Waals surface area contributed by atoms with Gasteiger partial charge in [0.25, 0.3) is 0 Å². The smallest absolute Gasteiger partial charge is 0.338 e. The molecule has 0 radical (unpaired) electrons. The summed E-state index contributed by atoms with van der Waals surface area (Å²) in [5, 5.41) is 4.84. The van der Waals surface area contributed by atoms with Crippen LogP contribution in [0.4, 0.5) is 5.69 Å². The van der Waals surface area contributed by atoms with Gasteiger partial charge in [0.2, 0.25) is 0 Å². The van der Waals surface area contributed by atoms with Gasteiger partial charge >= 0.3 is 5.97 Å². The van der Waals surface area contributed by atoms with Crippen molar-refractivity contribution in [2.45, 2.75) is 26.9 Å². The maximum absolute atomic E-state index is 12.1. The molecule has 0 bridgehead atoms. The number of hydrogen-bond acceptors (Lipinski definition) is 4. The quantitative estimate of drug-likeness (QED) is 0.696. The average molecular weight is 308 g/mol. The van der Waals surface area contributed by atoms with Crippen LogP contribution in [0.5, 0.6) is 0 Å². The zero-order valence-corrected chi connectivity index (χ0v) is 13.1. The predicted molar refractivity (Wildman–Crippen MR) is 82.3 cm³/mol. The average Bonchev–Trinajstić information content (AvgIpc) is 2.74. The first-order chi connectivity index (χ1) is 9.95. The second-order valence-electron chi connectivity index (χ2n) is 4.78. The Morgan fingerprint density at radius 3 is 2.81 bits per heavy atom. The van der Waals surface area contributed by atoms with E-state index in [9.17, 15) is 4.79 Å². The lowest BCUT2D eigenvalue weighted by Gasteiger charge is -2.09. The Bertz CT molecular complexity index is 680. The lowest BCUT2D eigenvalue weighted by molar-refractivity contribution is 0.0463. The molecule has 0 atom stereocenters. The van der Waals surface area contributed by atoms with E-state index in [2.05, 4.69) is 5.10 Å². The monoisotopic (exact) mass is 307 g/mol. The van der Waals surface area contributed by atoms with Gasteiger partial charge in [-0.25, -0.2) is 4.79 Å². The van der Waals surface area contributed by atoms with Gasteiger partial charge in [-0.1, -0.05) is 24.6 Å². The highest BCUT2D eigenvalue weighted by Gasteiger charge is 2.17. The van der Waals surface area contributed by atoms with E-state index in [0.29, 0.717) is 27.5 Å². The number of benzene rings is 1. The Kier molecular flexibility index (Phi) is 4.53. The first-order valence-corrected chi connectivity index (χ1v) is 7.06. The van der Waals surface area contributed by atoms with Crippen molar-refractivity contribution < 1.29 is 9.53 Å². The molecule has 0 aliphatic carbocycles. The molecule has 0 saturated heterocycles. The van der Waals surface area contributed by atoms with Crippen molar-refractivity contribution in [2.24, 2.45) is 7.05 Å². The van der Waals surface area contributed by atoms with E-state index >= 15 is 0 Å². The van der Waals surface area contributed by atoms with E-state index in [1.54, 1.807) is 36.9 Å². The zero-order chi connectivity index (χ0) is 15.6. The number of rotatable bonds is 4. The van der Waals surface area contributed by atoms with Crippen LogP contribution in [0.25, 0.3) is 0 Å². The molecule has 2 rings (SSSR count). The third-order valence-electron chi connectivity index (χ3n) is 3.44. The second kappa shape index (κ2) is 6.18. The highest BCUT2D eigenvalue weighted by atomic mass is 35.5. The molecule has 0 saturated carbocycles. The lowest BCUT2D eigenvalue weighted by Crippen LogP contribution is -2.10. The number of hydrogen-bond donors (Lipinski definition) is 1. The Labute approximate surface area is 128 Å². The molecule has 2 aromatic rings. The first kappa shape index (κ1) is 15.4. The van der Waals surface area contributed by atoms with Crippen LogP contribution < -0.4 is 5.73 Å². The summed E-state index contributed by atoms with van der Waals surface area (Å²) >= 11 is 6.22. The van der Waals surface area contributed by atoms with Crippen LogP contribution in [0.15, 0.2) is 18.2 Å². The molecule has 0 aliphatic heterocycles. The minimum absolute atomic E-state index is 0.0788. The molecule has 0 aliphatic rings. The van der Waals surface area contributed by atoms with Crippen LogP contribution >= 0.6 is 11.6 Å². The number of halogens is 1. The van der Waals surface area contributed by atoms with Crippen molar-refractivity contribution in [1.29, 1.82) is 0 Å². The van der Waals surface area contributed by atoms with E-state index in [0.717, 1.165) is 12.1 Å². The zero-order valence-electron chi connectivity index (χ0n) is 12.3. The third kappa shape index (κ3) is 3.03. The Hall–Kier alpha value is -2.01. The molecule has 0 unspecified atom stereocenters. The number of carbonyl (C=O) groups is 1. The van der Waals surface area contributed by atoms with Crippen LogP contribution in [-0.2, 0) is 24.8 Å². The van der Waals surface area contributed by atoms with Gasteiger partial charge in [-0.3, -0.25) is 4.68 Å². The summed E-state index contributed by atoms with van der Waals surface area (Å²) in [5.74, 6) is -0.421. The number of aryl methyl sites for hydroxylation is 2. The fourth-order valence-electron chi connectivity index (χ4n) is 2.06. The molecular formula is C15H18ClN3O2. The topological polar surface area (TPSA) is 70.1 Å². The van der Waals surface area contributed by atoms with Gasteiger partial charge in [0.05, 0.1) is 22.0 Å². The highest BCUT2D eigenvalue weighted by molar-refractivity contribution is 6.31. The van der Waals surface area contributed by atoms with Crippen molar-refractivity contribution in [3.05, 3.63) is 45.7 Å². The molecule has 0 spiro atoms. The third-order valence-corrected chi connectivity index (χ3v) is 3.87. The fraction of sp³-hybridized carbons (Fsp3) is 0.333. The van der Waals surface area contributed by atoms with Gasteiger partial charge < -0.3 is 10.5 Å². The number of carbonyl (C=O) groups excluding carboxylic acids is 1. The molecular weight excluding hydrogens is 290 g/mol. The van der Waals surface area contributed by atoms with Crippen molar-refractivity contribution in [1.82, 2.24) is 9.78 Å². The SMILES string of the molecule is CCc1nn(C)c(COC(=O)c2cccc(N)c2C)c1Cl. The fourth-order valence-corrected chi connectivity index (χ4v) is 2.41. The molecule has 1 aromatic carbocycles. The summed E-state index contributed by atoms with van der Waals surface area (Å²) in [7, 11) is 1.78. The van der Waals surface area contributed by atoms with Crippen molar-refractivity contribution in [3.8, 4) is 0 Å². The summed E-state index contributed by atoms with van der Waals surface area (Å²) in [5.41, 5.74) is 9.02. The molecule has 5 nitrogen and oxygen atoms in total. The summed E-state index contributed by atoms with van der Waals surface area (Å²) in [6.45, 7) is 3.84. The van der Waals surface area contributed by atoms with Gasteiger partial charge in [-0.15, -0.1) is 0 Å². The number of nitrogens with two attached hydrogens (primary N) is 1. The van der Waals surface area contributed by atoms with Crippen LogP contribution in [0.3, 0.4) is 0 Å². The van der Waals surface area contributed by atoms with Gasteiger partial charge in [0, 0.05) is 12.7 Å². The van der Waals surface area contributed by atoms with Crippen LogP contribution in [0.1, 0.15) is 34.2 Å². The molecule has 0 fully saturated rings. The van der Waals surface area contributed by atoms with E-state index < -0.39 is 5.97 Å². The van der Waals surface area contributed by atoms with E-state index in [1.165, 1.54) is 0 Å². The van der Waals surface area contributed by atoms with Crippen molar-refractivity contribution >= 4 is 23.3 Å². The number of nitrogen functional groups attached to an aromatic ring is 1. The summed E-state index contributed by atoms with van der Waals surface area (Å²) < 4.78 is 6.97. The van der Waals surface area contributed by atoms with Crippen molar-refractivity contribution in [3.63, 3.8) is 0 Å². The summed E-state index contributed by atoms with van der Waals surface area (Å²) in [6.07, 6.45) is 0.731. The van der Waals surface area contributed by atoms with Gasteiger partial charge in [0.1, 0.15) is 6.61 Å². The number of nitrogens with zero attached hydrogens (tertiary/aromatic N) is 2. The molecule has 1 heterocycles. The van der Waals surface area contributed by atoms with E-state index in [1.807, 2.05) is 6.92 Å². The Morgan fingerprint density at radius 1 is 1.48 bits per heavy atom. The Morgan fingerprint density at radius 2 is 2.19 bits per heavy atom. The summed E-state index contributed by atoms with van der Waals surface area (Å²) in [6, 6.07) is 5.17. The normalized spacial score (nSPS) is 10.7. The van der Waals surface area contributed by atoms with E-state index in [4.69, 9.17) is 22.1 Å². The number of aromatic nitrogens is 2. The first-order valence-electron chi connectivity index (χ1n) is 6.68. The van der Waals surface area contributed by atoms with Crippen molar-refractivity contribution in [2.75, 3.05) is 5.73 Å². The van der Waals surface area contributed by atoms with Gasteiger partial charge in [-0.05, 0) is 31.0 Å². The molecule has 0 amide bonds. The summed E-state index contributed by atoms with van der Waals surface area (Å²) in [4.78, 5) is 12.1. The maximum atomic E-state index is 12.1. The molecule has 21 heavy (non-hydrogen) atoms. The maximum Gasteiger partial charge on any atom is 0.338 e. The van der Waals surface area contributed by atoms with Gasteiger partial charge in [0.15, 0.2) is 0 Å². The van der Waals surface area contributed by atoms with Crippen LogP contribution in [0, 0.1) is 6.92 Å². The lowest BCUT2D eigenvalue weighted by atomic mass is 10.1. The predicted octanol–water partition coefficient (Wildman–Crippen LogP) is 2.88. The molecule has 2 N–H and O–H groups in total. The number of ether oxygens (including phenoxy) is 1. The number of anilines is 1. The molecule has 112 valence electrons. The molecule has 6 heteroatoms. The largest absolute Gasteiger partial charge is 0.456 e. The van der Waals surface area contributed by atoms with Crippen LogP contribution in [0.2, 0.25) is 5.02 Å². The molecule has 1 aromatic heterocycles. The Balaban J connectivity index is 2.15. The number of esters is 1. The standard InChI is InChI=1S/C15H18ClN3O2/c1-4-12-14(16)13(19(3)18-12)8-21-15(20)10-6-5-7-11(17)9(10)2/h5-7H,4,8,17H2,1-3H3. The van der Waals surface area contributed by atoms with Gasteiger partial charge in [-0.2, -0.15) is 5.10 Å². The minimum atomic E-state index is -0.421. The highest BCUT2D eigenvalue weighted by Crippen LogP contribution is 2.22. The second-order valence-corrected chi connectivity index (χ2v) is 5.16. The van der Waals surface area contributed by atoms with E-state index in [-0.39, 0.29) is 6.61 Å². The van der Waals surface area contributed by atoms with Crippen LogP contribution in [-0.4, -0.2) is 15.7 Å². The minimum Gasteiger partial charge on any atom is -0.456 e.